The Labute approximate surface area is 141 Å². The fraction of sp³-hybridized carbons (Fsp3) is 0.316. The summed E-state index contributed by atoms with van der Waals surface area (Å²) in [5.41, 5.74) is 2.22. The maximum atomic E-state index is 10.6. The first-order valence-corrected chi connectivity index (χ1v) is 8.19. The van der Waals surface area contributed by atoms with Crippen molar-refractivity contribution in [2.24, 2.45) is 0 Å². The van der Waals surface area contributed by atoms with Gasteiger partial charge in [-0.1, -0.05) is 42.5 Å². The topological polar surface area (TPSA) is 70.6 Å². The largest absolute Gasteiger partial charge is 0.489 e. The molecule has 1 amide bonds. The predicted molar refractivity (Wildman–Crippen MR) is 92.4 cm³/mol. The van der Waals surface area contributed by atoms with Crippen molar-refractivity contribution < 1.29 is 14.6 Å². The summed E-state index contributed by atoms with van der Waals surface area (Å²) < 4.78 is 6.12. The highest BCUT2D eigenvalue weighted by molar-refractivity contribution is 5.64. The number of rotatable bonds is 5. The van der Waals surface area contributed by atoms with E-state index in [0.717, 1.165) is 30.8 Å². The maximum Gasteiger partial charge on any atom is 0.404 e. The average Bonchev–Trinajstić information content (AvgIpc) is 2.61. The fourth-order valence-corrected chi connectivity index (χ4v) is 3.07. The zero-order valence-electron chi connectivity index (χ0n) is 13.4. The number of carbonyl (C=O) groups is 1. The number of hydrogen-bond acceptors (Lipinski definition) is 3. The first-order valence-electron chi connectivity index (χ1n) is 8.19. The molecule has 1 fully saturated rings. The number of hydrogen-bond donors (Lipinski definition) is 3. The Balaban J connectivity index is 1.61. The van der Waals surface area contributed by atoms with Crippen LogP contribution in [-0.2, 0) is 6.54 Å². The molecule has 0 bridgehead atoms. The van der Waals surface area contributed by atoms with E-state index in [-0.39, 0.29) is 12.6 Å². The van der Waals surface area contributed by atoms with Crippen molar-refractivity contribution in [1.82, 2.24) is 10.6 Å². The lowest BCUT2D eigenvalue weighted by Gasteiger charge is -2.30. The Hall–Kier alpha value is -2.53. The molecule has 2 aromatic carbocycles. The minimum atomic E-state index is -1.02. The van der Waals surface area contributed by atoms with E-state index in [1.54, 1.807) is 0 Å². The monoisotopic (exact) mass is 326 g/mol. The second-order valence-electron chi connectivity index (χ2n) is 6.05. The number of nitrogens with one attached hydrogen (secondary N) is 2. The Morgan fingerprint density at radius 3 is 2.79 bits per heavy atom. The Bertz CT molecular complexity index is 675. The van der Waals surface area contributed by atoms with E-state index in [2.05, 4.69) is 34.9 Å². The minimum absolute atomic E-state index is 0.103. The van der Waals surface area contributed by atoms with Gasteiger partial charge in [0.25, 0.3) is 0 Å². The van der Waals surface area contributed by atoms with Crippen molar-refractivity contribution in [2.45, 2.75) is 25.0 Å². The molecule has 1 aliphatic rings. The SMILES string of the molecule is O=C(O)NCc1cccc(OC2CNCC(c3ccccc3)C2)c1. The van der Waals surface area contributed by atoms with Crippen LogP contribution in [0.3, 0.4) is 0 Å². The van der Waals surface area contributed by atoms with Crippen LogP contribution in [0.5, 0.6) is 5.75 Å². The highest BCUT2D eigenvalue weighted by Crippen LogP contribution is 2.26. The number of piperidine rings is 1. The molecule has 0 aromatic heterocycles. The van der Waals surface area contributed by atoms with Gasteiger partial charge in [-0.25, -0.2) is 4.79 Å². The van der Waals surface area contributed by atoms with E-state index in [4.69, 9.17) is 9.84 Å². The summed E-state index contributed by atoms with van der Waals surface area (Å²) in [5, 5.41) is 14.5. The van der Waals surface area contributed by atoms with Crippen molar-refractivity contribution in [3.05, 3.63) is 65.7 Å². The summed E-state index contributed by atoms with van der Waals surface area (Å²) in [6.45, 7) is 2.06. The Kier molecular flexibility index (Phi) is 5.33. The van der Waals surface area contributed by atoms with Gasteiger partial charge in [-0.3, -0.25) is 0 Å². The molecule has 3 rings (SSSR count). The molecule has 0 spiro atoms. The zero-order chi connectivity index (χ0) is 16.8. The van der Waals surface area contributed by atoms with Crippen molar-refractivity contribution in [3.8, 4) is 5.75 Å². The van der Waals surface area contributed by atoms with Crippen LogP contribution in [0.1, 0.15) is 23.5 Å². The van der Waals surface area contributed by atoms with Crippen LogP contribution in [0.2, 0.25) is 0 Å². The Morgan fingerprint density at radius 1 is 1.17 bits per heavy atom. The first-order chi connectivity index (χ1) is 11.7. The second-order valence-corrected chi connectivity index (χ2v) is 6.05. The van der Waals surface area contributed by atoms with Gasteiger partial charge in [0.2, 0.25) is 0 Å². The van der Waals surface area contributed by atoms with E-state index >= 15 is 0 Å². The summed E-state index contributed by atoms with van der Waals surface area (Å²) in [6, 6.07) is 18.1. The third-order valence-corrected chi connectivity index (χ3v) is 4.23. The van der Waals surface area contributed by atoms with Crippen molar-refractivity contribution in [1.29, 1.82) is 0 Å². The van der Waals surface area contributed by atoms with E-state index in [1.807, 2.05) is 30.3 Å². The van der Waals surface area contributed by atoms with Gasteiger partial charge in [-0.05, 0) is 35.6 Å². The Morgan fingerprint density at radius 2 is 2.00 bits per heavy atom. The molecule has 0 aliphatic carbocycles. The summed E-state index contributed by atoms with van der Waals surface area (Å²) >= 11 is 0. The van der Waals surface area contributed by atoms with E-state index < -0.39 is 6.09 Å². The van der Waals surface area contributed by atoms with Gasteiger partial charge in [-0.2, -0.15) is 0 Å². The quantitative estimate of drug-likeness (QED) is 0.790. The highest BCUT2D eigenvalue weighted by Gasteiger charge is 2.24. The molecule has 2 atom stereocenters. The first kappa shape index (κ1) is 16.3. The summed E-state index contributed by atoms with van der Waals surface area (Å²) in [4.78, 5) is 10.6. The maximum absolute atomic E-state index is 10.6. The number of amides is 1. The fourth-order valence-electron chi connectivity index (χ4n) is 3.07. The number of carboxylic acid groups (broad SMARTS) is 1. The van der Waals surface area contributed by atoms with Crippen LogP contribution in [0.15, 0.2) is 54.6 Å². The normalized spacial score (nSPS) is 20.3. The summed E-state index contributed by atoms with van der Waals surface area (Å²) in [6.07, 6.45) is 0.0457. The average molecular weight is 326 g/mol. The molecule has 0 saturated carbocycles. The van der Waals surface area contributed by atoms with Crippen LogP contribution in [0.25, 0.3) is 0 Å². The van der Waals surface area contributed by atoms with Crippen LogP contribution >= 0.6 is 0 Å². The van der Waals surface area contributed by atoms with Gasteiger partial charge in [0, 0.05) is 19.6 Å². The molecule has 5 nitrogen and oxygen atoms in total. The van der Waals surface area contributed by atoms with Gasteiger partial charge in [0.05, 0.1) is 0 Å². The van der Waals surface area contributed by atoms with Gasteiger partial charge in [-0.15, -0.1) is 0 Å². The van der Waals surface area contributed by atoms with Crippen LogP contribution < -0.4 is 15.4 Å². The molecule has 1 saturated heterocycles. The zero-order valence-corrected chi connectivity index (χ0v) is 13.4. The molecule has 1 heterocycles. The van der Waals surface area contributed by atoms with E-state index in [1.165, 1.54) is 5.56 Å². The third-order valence-electron chi connectivity index (χ3n) is 4.23. The van der Waals surface area contributed by atoms with Crippen LogP contribution in [0, 0.1) is 0 Å². The predicted octanol–water partition coefficient (Wildman–Crippen LogP) is 2.98. The molecule has 1 aliphatic heterocycles. The number of benzene rings is 2. The molecule has 2 aromatic rings. The molecule has 126 valence electrons. The summed E-state index contributed by atoms with van der Waals surface area (Å²) in [5.74, 6) is 1.22. The van der Waals surface area contributed by atoms with Gasteiger partial charge >= 0.3 is 6.09 Å². The number of ether oxygens (including phenoxy) is 1. The van der Waals surface area contributed by atoms with E-state index in [9.17, 15) is 4.79 Å². The van der Waals surface area contributed by atoms with Crippen LogP contribution in [-0.4, -0.2) is 30.4 Å². The molecule has 0 radical (unpaired) electrons. The molecular weight excluding hydrogens is 304 g/mol. The van der Waals surface area contributed by atoms with E-state index in [0.29, 0.717) is 5.92 Å². The molecule has 3 N–H and O–H groups in total. The smallest absolute Gasteiger partial charge is 0.404 e. The van der Waals surface area contributed by atoms with Crippen LogP contribution in [0.4, 0.5) is 4.79 Å². The van der Waals surface area contributed by atoms with Gasteiger partial charge in [0.15, 0.2) is 0 Å². The molecule has 2 unspecified atom stereocenters. The molecular formula is C19H22N2O3. The van der Waals surface area contributed by atoms with Crippen molar-refractivity contribution in [3.63, 3.8) is 0 Å². The minimum Gasteiger partial charge on any atom is -0.489 e. The summed E-state index contributed by atoms with van der Waals surface area (Å²) in [7, 11) is 0. The third kappa shape index (κ3) is 4.49. The lowest BCUT2D eigenvalue weighted by Crippen LogP contribution is -2.41. The lowest BCUT2D eigenvalue weighted by atomic mass is 9.90. The standard InChI is InChI=1S/C19H22N2O3/c22-19(23)21-11-14-5-4-8-17(9-14)24-18-10-16(12-20-13-18)15-6-2-1-3-7-15/h1-9,16,18,20-21H,10-13H2,(H,22,23). The molecule has 24 heavy (non-hydrogen) atoms. The van der Waals surface area contributed by atoms with Crippen molar-refractivity contribution >= 4 is 6.09 Å². The van der Waals surface area contributed by atoms with Gasteiger partial charge < -0.3 is 20.5 Å². The molecule has 5 heteroatoms. The lowest BCUT2D eigenvalue weighted by molar-refractivity contribution is 0.156. The van der Waals surface area contributed by atoms with Crippen molar-refractivity contribution in [2.75, 3.05) is 13.1 Å². The van der Waals surface area contributed by atoms with Gasteiger partial charge in [0.1, 0.15) is 11.9 Å². The highest BCUT2D eigenvalue weighted by atomic mass is 16.5. The second kappa shape index (κ2) is 7.84.